The number of likely N-dealkylation sites (tertiary alicyclic amines) is 1. The first-order chi connectivity index (χ1) is 16.4. The summed E-state index contributed by atoms with van der Waals surface area (Å²) < 4.78 is 41.0. The molecule has 0 saturated carbocycles. The van der Waals surface area contributed by atoms with Crippen molar-refractivity contribution in [3.05, 3.63) is 90.2 Å². The molecule has 3 aromatic carbocycles. The number of carbonyl (C=O) groups excluding carboxylic acids is 2. The Labute approximate surface area is 197 Å². The SMILES string of the molecule is O=C(CN(c1ccccc1)S(=O)(=O)c1ccc(F)cc1)Nc1ccccc1C(=O)N1CCCC1. The molecule has 1 N–H and O–H groups in total. The van der Waals surface area contributed by atoms with E-state index >= 15 is 0 Å². The highest BCUT2D eigenvalue weighted by atomic mass is 32.2. The van der Waals surface area contributed by atoms with Crippen molar-refractivity contribution in [1.29, 1.82) is 0 Å². The number of sulfonamides is 1. The van der Waals surface area contributed by atoms with Crippen LogP contribution in [0.25, 0.3) is 0 Å². The molecule has 2 amide bonds. The second-order valence-electron chi connectivity index (χ2n) is 7.89. The van der Waals surface area contributed by atoms with E-state index < -0.39 is 28.3 Å². The minimum atomic E-state index is -4.17. The van der Waals surface area contributed by atoms with Crippen LogP contribution in [0.5, 0.6) is 0 Å². The third kappa shape index (κ3) is 5.09. The number of nitrogens with zero attached hydrogens (tertiary/aromatic N) is 2. The molecule has 34 heavy (non-hydrogen) atoms. The zero-order valence-corrected chi connectivity index (χ0v) is 19.2. The molecule has 9 heteroatoms. The van der Waals surface area contributed by atoms with Gasteiger partial charge < -0.3 is 10.2 Å². The quantitative estimate of drug-likeness (QED) is 0.555. The fraction of sp³-hybridized carbons (Fsp3) is 0.200. The van der Waals surface area contributed by atoms with Gasteiger partial charge in [0.2, 0.25) is 5.91 Å². The van der Waals surface area contributed by atoms with Crippen molar-refractivity contribution in [1.82, 2.24) is 4.90 Å². The predicted octanol–water partition coefficient (Wildman–Crippen LogP) is 3.90. The summed E-state index contributed by atoms with van der Waals surface area (Å²) in [7, 11) is -4.17. The molecule has 1 aliphatic rings. The summed E-state index contributed by atoms with van der Waals surface area (Å²) in [6.07, 6.45) is 1.88. The van der Waals surface area contributed by atoms with Crippen molar-refractivity contribution in [2.24, 2.45) is 0 Å². The van der Waals surface area contributed by atoms with Crippen molar-refractivity contribution in [2.75, 3.05) is 29.3 Å². The van der Waals surface area contributed by atoms with Crippen LogP contribution in [0.2, 0.25) is 0 Å². The Morgan fingerprint density at radius 2 is 1.50 bits per heavy atom. The third-order valence-electron chi connectivity index (χ3n) is 5.56. The lowest BCUT2D eigenvalue weighted by Gasteiger charge is -2.24. The zero-order valence-electron chi connectivity index (χ0n) is 18.4. The Bertz CT molecular complexity index is 1280. The largest absolute Gasteiger partial charge is 0.339 e. The van der Waals surface area contributed by atoms with Crippen LogP contribution < -0.4 is 9.62 Å². The number of hydrogen-bond donors (Lipinski definition) is 1. The first-order valence-electron chi connectivity index (χ1n) is 10.9. The zero-order chi connectivity index (χ0) is 24.1. The van der Waals surface area contributed by atoms with Crippen LogP contribution in [0.1, 0.15) is 23.2 Å². The molecule has 3 aromatic rings. The normalized spacial score (nSPS) is 13.5. The molecular weight excluding hydrogens is 457 g/mol. The summed E-state index contributed by atoms with van der Waals surface area (Å²) in [5, 5.41) is 2.70. The molecule has 0 spiro atoms. The molecule has 0 radical (unpaired) electrons. The Hall–Kier alpha value is -3.72. The Kier molecular flexibility index (Phi) is 6.93. The van der Waals surface area contributed by atoms with E-state index in [1.165, 1.54) is 0 Å². The summed E-state index contributed by atoms with van der Waals surface area (Å²) in [5.74, 6) is -1.36. The number of hydrogen-bond acceptors (Lipinski definition) is 4. The molecule has 7 nitrogen and oxygen atoms in total. The van der Waals surface area contributed by atoms with E-state index in [0.29, 0.717) is 24.3 Å². The van der Waals surface area contributed by atoms with Gasteiger partial charge in [-0.1, -0.05) is 30.3 Å². The van der Waals surface area contributed by atoms with Gasteiger partial charge in [-0.15, -0.1) is 0 Å². The van der Waals surface area contributed by atoms with Crippen molar-refractivity contribution in [2.45, 2.75) is 17.7 Å². The summed E-state index contributed by atoms with van der Waals surface area (Å²) >= 11 is 0. The van der Waals surface area contributed by atoms with E-state index in [1.54, 1.807) is 59.5 Å². The van der Waals surface area contributed by atoms with Gasteiger partial charge >= 0.3 is 0 Å². The lowest BCUT2D eigenvalue weighted by Crippen LogP contribution is -2.38. The van der Waals surface area contributed by atoms with Gasteiger partial charge in [0.15, 0.2) is 0 Å². The standard InChI is InChI=1S/C25H24FN3O4S/c26-19-12-14-21(15-13-19)34(32,33)29(20-8-2-1-3-9-20)18-24(30)27-23-11-5-4-10-22(23)25(31)28-16-6-7-17-28/h1-5,8-15H,6-7,16-18H2,(H,27,30). The van der Waals surface area contributed by atoms with Gasteiger partial charge in [0.05, 0.1) is 21.8 Å². The number of amides is 2. The van der Waals surface area contributed by atoms with E-state index in [1.807, 2.05) is 0 Å². The molecule has 176 valence electrons. The first kappa shape index (κ1) is 23.4. The van der Waals surface area contributed by atoms with Gasteiger partial charge in [-0.25, -0.2) is 12.8 Å². The van der Waals surface area contributed by atoms with Gasteiger partial charge in [0, 0.05) is 13.1 Å². The number of benzene rings is 3. The molecule has 1 fully saturated rings. The highest BCUT2D eigenvalue weighted by Crippen LogP contribution is 2.25. The molecule has 1 saturated heterocycles. The Morgan fingerprint density at radius 3 is 2.18 bits per heavy atom. The first-order valence-corrected chi connectivity index (χ1v) is 12.3. The van der Waals surface area contributed by atoms with Crippen molar-refractivity contribution < 1.29 is 22.4 Å². The molecule has 0 unspecified atom stereocenters. The molecular formula is C25H24FN3O4S. The lowest BCUT2D eigenvalue weighted by atomic mass is 10.1. The number of anilines is 2. The molecule has 4 rings (SSSR count). The summed E-state index contributed by atoms with van der Waals surface area (Å²) in [5.41, 5.74) is 0.949. The summed E-state index contributed by atoms with van der Waals surface area (Å²) in [4.78, 5) is 27.5. The van der Waals surface area contributed by atoms with Crippen molar-refractivity contribution in [3.8, 4) is 0 Å². The maximum absolute atomic E-state index is 13.4. The van der Waals surface area contributed by atoms with E-state index in [9.17, 15) is 22.4 Å². The third-order valence-corrected chi connectivity index (χ3v) is 7.35. The van der Waals surface area contributed by atoms with Gasteiger partial charge in [0.25, 0.3) is 15.9 Å². The summed E-state index contributed by atoms with van der Waals surface area (Å²) in [6.45, 7) is 0.799. The maximum Gasteiger partial charge on any atom is 0.264 e. The smallest absolute Gasteiger partial charge is 0.264 e. The van der Waals surface area contributed by atoms with Crippen LogP contribution in [-0.4, -0.2) is 44.8 Å². The number of halogens is 1. The van der Waals surface area contributed by atoms with Gasteiger partial charge in [-0.3, -0.25) is 13.9 Å². The van der Waals surface area contributed by atoms with E-state index in [0.717, 1.165) is 41.4 Å². The van der Waals surface area contributed by atoms with Gasteiger partial charge in [-0.2, -0.15) is 0 Å². The monoisotopic (exact) mass is 481 g/mol. The Balaban J connectivity index is 1.60. The maximum atomic E-state index is 13.4. The molecule has 1 heterocycles. The van der Waals surface area contributed by atoms with Crippen LogP contribution in [0, 0.1) is 5.82 Å². The van der Waals surface area contributed by atoms with E-state index in [2.05, 4.69) is 5.32 Å². The number of rotatable bonds is 7. The average Bonchev–Trinajstić information content (AvgIpc) is 3.38. The minimum absolute atomic E-state index is 0.143. The fourth-order valence-electron chi connectivity index (χ4n) is 3.83. The minimum Gasteiger partial charge on any atom is -0.339 e. The van der Waals surface area contributed by atoms with Gasteiger partial charge in [0.1, 0.15) is 12.4 Å². The highest BCUT2D eigenvalue weighted by molar-refractivity contribution is 7.92. The van der Waals surface area contributed by atoms with Gasteiger partial charge in [-0.05, 0) is 61.4 Å². The van der Waals surface area contributed by atoms with Crippen molar-refractivity contribution in [3.63, 3.8) is 0 Å². The average molecular weight is 482 g/mol. The van der Waals surface area contributed by atoms with E-state index in [4.69, 9.17) is 0 Å². The fourth-order valence-corrected chi connectivity index (χ4v) is 5.25. The lowest BCUT2D eigenvalue weighted by molar-refractivity contribution is -0.114. The second kappa shape index (κ2) is 10.0. The number of carbonyl (C=O) groups is 2. The molecule has 0 atom stereocenters. The summed E-state index contributed by atoms with van der Waals surface area (Å²) in [6, 6.07) is 19.3. The molecule has 0 bridgehead atoms. The van der Waals surface area contributed by atoms with E-state index in [-0.39, 0.29) is 16.5 Å². The molecule has 0 aliphatic carbocycles. The highest BCUT2D eigenvalue weighted by Gasteiger charge is 2.28. The van der Waals surface area contributed by atoms with Crippen LogP contribution in [0.15, 0.2) is 83.8 Å². The molecule has 0 aromatic heterocycles. The van der Waals surface area contributed by atoms with Crippen LogP contribution >= 0.6 is 0 Å². The predicted molar refractivity (Wildman–Crippen MR) is 128 cm³/mol. The second-order valence-corrected chi connectivity index (χ2v) is 9.76. The Morgan fingerprint density at radius 1 is 0.882 bits per heavy atom. The number of nitrogens with one attached hydrogen (secondary N) is 1. The molecule has 1 aliphatic heterocycles. The topological polar surface area (TPSA) is 86.8 Å². The van der Waals surface area contributed by atoms with Crippen LogP contribution in [0.4, 0.5) is 15.8 Å². The number of para-hydroxylation sites is 2. The van der Waals surface area contributed by atoms with Crippen LogP contribution in [0.3, 0.4) is 0 Å². The van der Waals surface area contributed by atoms with Crippen molar-refractivity contribution >= 4 is 33.2 Å². The van der Waals surface area contributed by atoms with Crippen LogP contribution in [-0.2, 0) is 14.8 Å².